The first-order valence-electron chi connectivity index (χ1n) is 4.77. The predicted molar refractivity (Wildman–Crippen MR) is 53.9 cm³/mol. The fourth-order valence-corrected chi connectivity index (χ4v) is 2.16. The van der Waals surface area contributed by atoms with Crippen LogP contribution in [0.25, 0.3) is 0 Å². The molecule has 1 heterocycles. The maximum absolute atomic E-state index is 9.47. The maximum Gasteiger partial charge on any atom is 0.0785 e. The molecule has 2 rings (SSSR count). The number of nitrogens with two attached hydrogens (primary N) is 1. The molecule has 1 aromatic heterocycles. The van der Waals surface area contributed by atoms with Crippen molar-refractivity contribution >= 4 is 11.6 Å². The molecule has 1 fully saturated rings. The van der Waals surface area contributed by atoms with Crippen LogP contribution in [0.2, 0.25) is 5.02 Å². The molecule has 3 N–H and O–H groups in total. The van der Waals surface area contributed by atoms with E-state index in [-0.39, 0.29) is 12.1 Å². The van der Waals surface area contributed by atoms with Gasteiger partial charge in [0.25, 0.3) is 0 Å². The number of aromatic nitrogens is 2. The number of hydrogen-bond acceptors (Lipinski definition) is 3. The van der Waals surface area contributed by atoms with Crippen molar-refractivity contribution in [3.05, 3.63) is 17.4 Å². The Hall–Kier alpha value is -0.580. The van der Waals surface area contributed by atoms with E-state index in [0.29, 0.717) is 10.9 Å². The molecule has 0 aromatic carbocycles. The summed E-state index contributed by atoms with van der Waals surface area (Å²) in [7, 11) is 0. The molecule has 1 unspecified atom stereocenters. The Morgan fingerprint density at radius 1 is 1.64 bits per heavy atom. The van der Waals surface area contributed by atoms with Gasteiger partial charge in [-0.15, -0.1) is 0 Å². The summed E-state index contributed by atoms with van der Waals surface area (Å²) in [5, 5.41) is 14.2. The van der Waals surface area contributed by atoms with E-state index in [2.05, 4.69) is 5.10 Å². The summed E-state index contributed by atoms with van der Waals surface area (Å²) in [4.78, 5) is 0. The minimum atomic E-state index is -0.356. The summed E-state index contributed by atoms with van der Waals surface area (Å²) in [6.45, 7) is 0.789. The molecule has 1 saturated carbocycles. The number of halogens is 1. The minimum absolute atomic E-state index is 0.0777. The lowest BCUT2D eigenvalue weighted by atomic mass is 10.1. The van der Waals surface area contributed by atoms with Gasteiger partial charge in [-0.1, -0.05) is 11.6 Å². The van der Waals surface area contributed by atoms with Gasteiger partial charge in [0.1, 0.15) is 0 Å². The van der Waals surface area contributed by atoms with E-state index in [1.54, 1.807) is 17.1 Å². The summed E-state index contributed by atoms with van der Waals surface area (Å²) in [6.07, 6.45) is 4.67. The fourth-order valence-electron chi connectivity index (χ4n) is 2.01. The first kappa shape index (κ1) is 9.96. The Labute approximate surface area is 87.7 Å². The third-order valence-electron chi connectivity index (χ3n) is 2.72. The normalized spacial score (nSPS) is 32.4. The molecule has 78 valence electrons. The molecule has 5 heteroatoms. The van der Waals surface area contributed by atoms with Gasteiger partial charge in [-0.05, 0) is 18.8 Å². The molecular formula is C9H14ClN3O. The molecular weight excluding hydrogens is 202 g/mol. The third kappa shape index (κ3) is 2.08. The van der Waals surface area contributed by atoms with Crippen molar-refractivity contribution in [2.75, 3.05) is 0 Å². The smallest absolute Gasteiger partial charge is 0.0785 e. The van der Waals surface area contributed by atoms with Gasteiger partial charge in [-0.3, -0.25) is 4.68 Å². The Balaban J connectivity index is 1.93. The summed E-state index contributed by atoms with van der Waals surface area (Å²) >= 11 is 5.75. The number of aliphatic hydroxyl groups excluding tert-OH is 1. The summed E-state index contributed by atoms with van der Waals surface area (Å²) in [6, 6.07) is -0.0777. The lowest BCUT2D eigenvalue weighted by Gasteiger charge is -2.08. The molecule has 1 aliphatic carbocycles. The van der Waals surface area contributed by atoms with Crippen LogP contribution in [0.3, 0.4) is 0 Å². The minimum Gasteiger partial charge on any atom is -0.392 e. The van der Waals surface area contributed by atoms with Gasteiger partial charge in [-0.2, -0.15) is 5.10 Å². The highest BCUT2D eigenvalue weighted by Crippen LogP contribution is 2.26. The van der Waals surface area contributed by atoms with Crippen LogP contribution >= 0.6 is 11.6 Å². The molecule has 0 saturated heterocycles. The van der Waals surface area contributed by atoms with Crippen molar-refractivity contribution in [2.24, 2.45) is 11.7 Å². The zero-order chi connectivity index (χ0) is 10.1. The molecule has 0 aliphatic heterocycles. The molecule has 4 nitrogen and oxygen atoms in total. The Morgan fingerprint density at radius 2 is 2.43 bits per heavy atom. The molecule has 0 radical (unpaired) electrons. The Morgan fingerprint density at radius 3 is 2.93 bits per heavy atom. The topological polar surface area (TPSA) is 64.1 Å². The molecule has 14 heavy (non-hydrogen) atoms. The van der Waals surface area contributed by atoms with Gasteiger partial charge >= 0.3 is 0 Å². The standard InChI is InChI=1S/C9H14ClN3O/c10-7-3-12-13(5-7)4-6-1-8(11)9(14)2-6/h3,5-6,8-9,14H,1-2,4,11H2/t6?,8-,9-/m1/s1. The first-order chi connectivity index (χ1) is 6.65. The van der Waals surface area contributed by atoms with E-state index in [1.165, 1.54) is 0 Å². The van der Waals surface area contributed by atoms with Crippen molar-refractivity contribution in [1.29, 1.82) is 0 Å². The van der Waals surface area contributed by atoms with E-state index in [0.717, 1.165) is 19.4 Å². The van der Waals surface area contributed by atoms with E-state index < -0.39 is 0 Å². The van der Waals surface area contributed by atoms with Crippen molar-refractivity contribution in [2.45, 2.75) is 31.5 Å². The zero-order valence-corrected chi connectivity index (χ0v) is 8.56. The molecule has 1 aromatic rings. The number of aliphatic hydroxyl groups is 1. The highest BCUT2D eigenvalue weighted by atomic mass is 35.5. The average Bonchev–Trinajstić information content (AvgIpc) is 2.62. The van der Waals surface area contributed by atoms with Gasteiger partial charge in [-0.25, -0.2) is 0 Å². The third-order valence-corrected chi connectivity index (χ3v) is 2.92. The highest BCUT2D eigenvalue weighted by molar-refractivity contribution is 6.30. The van der Waals surface area contributed by atoms with Crippen molar-refractivity contribution < 1.29 is 5.11 Å². The molecule has 3 atom stereocenters. The predicted octanol–water partition coefficient (Wildman–Crippen LogP) is 0.635. The number of nitrogens with zero attached hydrogens (tertiary/aromatic N) is 2. The fraction of sp³-hybridized carbons (Fsp3) is 0.667. The van der Waals surface area contributed by atoms with Crippen LogP contribution < -0.4 is 5.73 Å². The van der Waals surface area contributed by atoms with Crippen molar-refractivity contribution in [3.63, 3.8) is 0 Å². The Bertz CT molecular complexity index is 305. The van der Waals surface area contributed by atoms with E-state index >= 15 is 0 Å². The second-order valence-corrected chi connectivity index (χ2v) is 4.39. The summed E-state index contributed by atoms with van der Waals surface area (Å²) < 4.78 is 1.80. The monoisotopic (exact) mass is 215 g/mol. The van der Waals surface area contributed by atoms with Gasteiger partial charge < -0.3 is 10.8 Å². The molecule has 0 amide bonds. The largest absolute Gasteiger partial charge is 0.392 e. The SMILES string of the molecule is N[C@@H]1CC(Cn2cc(Cl)cn2)C[C@H]1O. The Kier molecular flexibility index (Phi) is 2.76. The van der Waals surface area contributed by atoms with Crippen LogP contribution in [0.1, 0.15) is 12.8 Å². The second kappa shape index (κ2) is 3.88. The van der Waals surface area contributed by atoms with Gasteiger partial charge in [0.05, 0.1) is 17.3 Å². The van der Waals surface area contributed by atoms with Gasteiger partial charge in [0.15, 0.2) is 0 Å². The van der Waals surface area contributed by atoms with Crippen molar-refractivity contribution in [3.8, 4) is 0 Å². The van der Waals surface area contributed by atoms with E-state index in [9.17, 15) is 5.11 Å². The maximum atomic E-state index is 9.47. The summed E-state index contributed by atoms with van der Waals surface area (Å²) in [5.74, 6) is 0.413. The van der Waals surface area contributed by atoms with Crippen LogP contribution in [0, 0.1) is 5.92 Å². The second-order valence-electron chi connectivity index (χ2n) is 3.95. The molecule has 0 spiro atoms. The van der Waals surface area contributed by atoms with Crippen LogP contribution in [0.5, 0.6) is 0 Å². The van der Waals surface area contributed by atoms with Crippen LogP contribution in [0.15, 0.2) is 12.4 Å². The van der Waals surface area contributed by atoms with Crippen LogP contribution in [-0.4, -0.2) is 27.0 Å². The quantitative estimate of drug-likeness (QED) is 0.761. The summed E-state index contributed by atoms with van der Waals surface area (Å²) in [5.41, 5.74) is 5.72. The molecule has 1 aliphatic rings. The average molecular weight is 216 g/mol. The molecule has 0 bridgehead atoms. The van der Waals surface area contributed by atoms with E-state index in [1.807, 2.05) is 0 Å². The number of hydrogen-bond donors (Lipinski definition) is 2. The van der Waals surface area contributed by atoms with Gasteiger partial charge in [0.2, 0.25) is 0 Å². The van der Waals surface area contributed by atoms with E-state index in [4.69, 9.17) is 17.3 Å². The number of rotatable bonds is 2. The van der Waals surface area contributed by atoms with Crippen LogP contribution in [0.4, 0.5) is 0 Å². The van der Waals surface area contributed by atoms with Gasteiger partial charge in [0, 0.05) is 18.8 Å². The zero-order valence-electron chi connectivity index (χ0n) is 7.81. The van der Waals surface area contributed by atoms with Crippen molar-refractivity contribution in [1.82, 2.24) is 9.78 Å². The van der Waals surface area contributed by atoms with Crippen LogP contribution in [-0.2, 0) is 6.54 Å². The lowest BCUT2D eigenvalue weighted by Crippen LogP contribution is -2.28. The first-order valence-corrected chi connectivity index (χ1v) is 5.14. The highest BCUT2D eigenvalue weighted by Gasteiger charge is 2.30. The lowest BCUT2D eigenvalue weighted by molar-refractivity contribution is 0.160.